The Hall–Kier alpha value is -1.81. The molecule has 0 saturated heterocycles. The highest BCUT2D eigenvalue weighted by Gasteiger charge is 2.31. The lowest BCUT2D eigenvalue weighted by Gasteiger charge is -2.01. The van der Waals surface area contributed by atoms with E-state index in [-0.39, 0.29) is 0 Å². The van der Waals surface area contributed by atoms with Crippen molar-refractivity contribution in [3.05, 3.63) is 35.2 Å². The van der Waals surface area contributed by atoms with Crippen molar-refractivity contribution in [2.45, 2.75) is 18.8 Å². The monoisotopic (exact) mass is 273 g/mol. The zero-order chi connectivity index (χ0) is 13.0. The Morgan fingerprint density at radius 2 is 2.21 bits per heavy atom. The van der Waals surface area contributed by atoms with Gasteiger partial charge in [-0.25, -0.2) is 4.98 Å². The summed E-state index contributed by atoms with van der Waals surface area (Å²) in [6, 6.07) is 5.72. The summed E-state index contributed by atoms with van der Waals surface area (Å²) in [5, 5.41) is 4.85. The van der Waals surface area contributed by atoms with Crippen LogP contribution in [0.15, 0.2) is 29.0 Å². The van der Waals surface area contributed by atoms with E-state index in [1.54, 1.807) is 6.26 Å². The molecule has 0 N–H and O–H groups in total. The van der Waals surface area contributed by atoms with Gasteiger partial charge in [-0.3, -0.25) is 0 Å². The number of rotatable bonds is 2. The highest BCUT2D eigenvalue weighted by molar-refractivity contribution is 6.31. The predicted molar refractivity (Wildman–Crippen MR) is 73.2 cm³/mol. The molecule has 0 bridgehead atoms. The summed E-state index contributed by atoms with van der Waals surface area (Å²) in [7, 11) is 1.99. The van der Waals surface area contributed by atoms with Gasteiger partial charge >= 0.3 is 0 Å². The van der Waals surface area contributed by atoms with E-state index in [0.29, 0.717) is 5.92 Å². The average molecular weight is 274 g/mol. The number of fused-ring (bicyclic) bond motifs is 1. The first kappa shape index (κ1) is 11.1. The minimum atomic E-state index is 0.539. The summed E-state index contributed by atoms with van der Waals surface area (Å²) < 4.78 is 7.19. The maximum absolute atomic E-state index is 6.04. The molecular weight excluding hydrogens is 262 g/mol. The van der Waals surface area contributed by atoms with Crippen LogP contribution in [-0.2, 0) is 7.05 Å². The number of halogens is 1. The summed E-state index contributed by atoms with van der Waals surface area (Å²) >= 11 is 6.04. The largest absolute Gasteiger partial charge is 0.364 e. The number of hydrogen-bond acceptors (Lipinski definition) is 3. The molecule has 0 radical (unpaired) electrons. The van der Waals surface area contributed by atoms with Gasteiger partial charge in [0.05, 0.1) is 22.3 Å². The van der Waals surface area contributed by atoms with E-state index in [4.69, 9.17) is 16.1 Å². The van der Waals surface area contributed by atoms with Crippen LogP contribution in [0, 0.1) is 0 Å². The van der Waals surface area contributed by atoms with Crippen molar-refractivity contribution in [1.82, 2.24) is 14.7 Å². The molecule has 1 aromatic carbocycles. The molecule has 1 aliphatic carbocycles. The number of benzene rings is 1. The quantitative estimate of drug-likeness (QED) is 0.714. The fourth-order valence-corrected chi connectivity index (χ4v) is 2.63. The van der Waals surface area contributed by atoms with Crippen LogP contribution in [0.4, 0.5) is 0 Å². The first-order chi connectivity index (χ1) is 9.24. The van der Waals surface area contributed by atoms with Gasteiger partial charge in [0.25, 0.3) is 0 Å². The smallest absolute Gasteiger partial charge is 0.146 e. The average Bonchev–Trinajstić information content (AvgIpc) is 3.05. The molecule has 4 rings (SSSR count). The standard InChI is InChI=1S/C14H12ClN3O/c1-18-12-6-9(15)4-5-11(12)16-14(18)10-7-19-17-13(10)8-2-3-8/h4-8H,2-3H2,1H3. The van der Waals surface area contributed by atoms with E-state index in [9.17, 15) is 0 Å². The maximum Gasteiger partial charge on any atom is 0.146 e. The van der Waals surface area contributed by atoms with Gasteiger partial charge < -0.3 is 9.09 Å². The zero-order valence-electron chi connectivity index (χ0n) is 10.4. The molecule has 4 nitrogen and oxygen atoms in total. The van der Waals surface area contributed by atoms with Crippen LogP contribution in [0.25, 0.3) is 22.4 Å². The van der Waals surface area contributed by atoms with Crippen molar-refractivity contribution in [3.8, 4) is 11.4 Å². The van der Waals surface area contributed by atoms with Crippen LogP contribution >= 0.6 is 11.6 Å². The lowest BCUT2D eigenvalue weighted by atomic mass is 10.2. The van der Waals surface area contributed by atoms with Gasteiger partial charge in [-0.05, 0) is 31.0 Å². The van der Waals surface area contributed by atoms with E-state index in [0.717, 1.165) is 33.1 Å². The van der Waals surface area contributed by atoms with Crippen LogP contribution in [0.1, 0.15) is 24.5 Å². The topological polar surface area (TPSA) is 43.9 Å². The van der Waals surface area contributed by atoms with Crippen molar-refractivity contribution >= 4 is 22.6 Å². The lowest BCUT2D eigenvalue weighted by Crippen LogP contribution is -1.94. The third-order valence-electron chi connectivity index (χ3n) is 3.65. The van der Waals surface area contributed by atoms with E-state index >= 15 is 0 Å². The summed E-state index contributed by atoms with van der Waals surface area (Å²) in [6.07, 6.45) is 4.07. The number of nitrogens with zero attached hydrogens (tertiary/aromatic N) is 3. The Bertz CT molecular complexity index is 770. The van der Waals surface area contributed by atoms with Gasteiger partial charge in [-0.15, -0.1) is 0 Å². The second-order valence-electron chi connectivity index (χ2n) is 5.02. The number of imidazole rings is 1. The van der Waals surface area contributed by atoms with E-state index in [2.05, 4.69) is 10.1 Å². The molecular formula is C14H12ClN3O. The minimum absolute atomic E-state index is 0.539. The highest BCUT2D eigenvalue weighted by Crippen LogP contribution is 2.43. The molecule has 3 aromatic rings. The third-order valence-corrected chi connectivity index (χ3v) is 3.88. The van der Waals surface area contributed by atoms with Crippen molar-refractivity contribution in [2.24, 2.45) is 7.05 Å². The van der Waals surface area contributed by atoms with Crippen LogP contribution in [0.2, 0.25) is 5.02 Å². The Kier molecular flexibility index (Phi) is 2.23. The highest BCUT2D eigenvalue weighted by atomic mass is 35.5. The van der Waals surface area contributed by atoms with Crippen molar-refractivity contribution in [1.29, 1.82) is 0 Å². The minimum Gasteiger partial charge on any atom is -0.364 e. The molecule has 96 valence electrons. The summed E-state index contributed by atoms with van der Waals surface area (Å²) in [5.74, 6) is 1.43. The molecule has 0 aliphatic heterocycles. The summed E-state index contributed by atoms with van der Waals surface area (Å²) in [5.41, 5.74) is 3.98. The maximum atomic E-state index is 6.04. The van der Waals surface area contributed by atoms with Crippen molar-refractivity contribution in [2.75, 3.05) is 0 Å². The molecule has 0 atom stereocenters. The van der Waals surface area contributed by atoms with Gasteiger partial charge in [0.2, 0.25) is 0 Å². The number of aryl methyl sites for hydroxylation is 1. The van der Waals surface area contributed by atoms with Gasteiger partial charge in [-0.2, -0.15) is 0 Å². The van der Waals surface area contributed by atoms with Gasteiger partial charge in [-0.1, -0.05) is 16.8 Å². The Morgan fingerprint density at radius 1 is 1.37 bits per heavy atom. The molecule has 2 aromatic heterocycles. The Balaban J connectivity index is 1.95. The molecule has 19 heavy (non-hydrogen) atoms. The Morgan fingerprint density at radius 3 is 3.00 bits per heavy atom. The molecule has 2 heterocycles. The molecule has 0 amide bonds. The zero-order valence-corrected chi connectivity index (χ0v) is 11.2. The van der Waals surface area contributed by atoms with Gasteiger partial charge in [0, 0.05) is 18.0 Å². The van der Waals surface area contributed by atoms with Gasteiger partial charge in [0.15, 0.2) is 0 Å². The molecule has 0 unspecified atom stereocenters. The van der Waals surface area contributed by atoms with Crippen molar-refractivity contribution in [3.63, 3.8) is 0 Å². The van der Waals surface area contributed by atoms with E-state index < -0.39 is 0 Å². The van der Waals surface area contributed by atoms with Crippen LogP contribution < -0.4 is 0 Å². The fourth-order valence-electron chi connectivity index (χ4n) is 2.47. The van der Waals surface area contributed by atoms with E-state index in [1.165, 1.54) is 12.8 Å². The molecule has 1 saturated carbocycles. The first-order valence-corrected chi connectivity index (χ1v) is 6.68. The van der Waals surface area contributed by atoms with Crippen molar-refractivity contribution < 1.29 is 4.52 Å². The van der Waals surface area contributed by atoms with Crippen LogP contribution in [-0.4, -0.2) is 14.7 Å². The third kappa shape index (κ3) is 1.67. The molecule has 0 spiro atoms. The van der Waals surface area contributed by atoms with E-state index in [1.807, 2.05) is 29.8 Å². The second-order valence-corrected chi connectivity index (χ2v) is 5.45. The van der Waals surface area contributed by atoms with Crippen LogP contribution in [0.5, 0.6) is 0 Å². The first-order valence-electron chi connectivity index (χ1n) is 6.30. The summed E-state index contributed by atoms with van der Waals surface area (Å²) in [4.78, 5) is 4.67. The molecule has 5 heteroatoms. The number of aromatic nitrogens is 3. The van der Waals surface area contributed by atoms with Crippen LogP contribution in [0.3, 0.4) is 0 Å². The second kappa shape index (κ2) is 3.84. The Labute approximate surface area is 115 Å². The summed E-state index contributed by atoms with van der Waals surface area (Å²) in [6.45, 7) is 0. The predicted octanol–water partition coefficient (Wildman–Crippen LogP) is 3.76. The number of hydrogen-bond donors (Lipinski definition) is 0. The lowest BCUT2D eigenvalue weighted by molar-refractivity contribution is 0.412. The molecule has 1 fully saturated rings. The fraction of sp³-hybridized carbons (Fsp3) is 0.286. The SMILES string of the molecule is Cn1c(-c2conc2C2CC2)nc2ccc(Cl)cc21. The normalized spacial score (nSPS) is 15.3. The molecule has 1 aliphatic rings. The van der Waals surface area contributed by atoms with Gasteiger partial charge in [0.1, 0.15) is 12.1 Å².